The van der Waals surface area contributed by atoms with Crippen molar-refractivity contribution in [3.8, 4) is 0 Å². The first-order valence-corrected chi connectivity index (χ1v) is 11.6. The molecule has 1 aliphatic rings. The molecule has 3 aromatic rings. The number of benzene rings is 3. The summed E-state index contributed by atoms with van der Waals surface area (Å²) in [6.07, 6.45) is 2.99. The Morgan fingerprint density at radius 3 is 1.81 bits per heavy atom. The van der Waals surface area contributed by atoms with Gasteiger partial charge in [-0.3, -0.25) is 0 Å². The zero-order valence-corrected chi connectivity index (χ0v) is 16.3. The highest BCUT2D eigenvalue weighted by Gasteiger charge is 2.52. The molecule has 0 spiro atoms. The van der Waals surface area contributed by atoms with Gasteiger partial charge in [-0.2, -0.15) is 0 Å². The van der Waals surface area contributed by atoms with Crippen molar-refractivity contribution in [1.29, 1.82) is 0 Å². The van der Waals surface area contributed by atoms with Crippen molar-refractivity contribution >= 4 is 7.14 Å². The standard InChI is InChI=1S/C24H25O2P/c25-24(22-12-6-2-7-13-22,23-14-8-3-9-15-23)27(26)17-16-21(19-27)18-20-10-4-1-5-11-20/h1-15,21,25H,16-19H2. The van der Waals surface area contributed by atoms with E-state index in [4.69, 9.17) is 0 Å². The van der Waals surface area contributed by atoms with Gasteiger partial charge < -0.3 is 9.67 Å². The third kappa shape index (κ3) is 3.40. The van der Waals surface area contributed by atoms with Crippen molar-refractivity contribution in [3.63, 3.8) is 0 Å². The van der Waals surface area contributed by atoms with Crippen molar-refractivity contribution in [3.05, 3.63) is 108 Å². The molecule has 0 amide bonds. The van der Waals surface area contributed by atoms with Gasteiger partial charge in [-0.25, -0.2) is 0 Å². The molecule has 1 heterocycles. The van der Waals surface area contributed by atoms with E-state index >= 15 is 0 Å². The third-order valence-electron chi connectivity index (χ3n) is 5.76. The Bertz CT molecular complexity index is 883. The van der Waals surface area contributed by atoms with E-state index in [1.54, 1.807) is 0 Å². The van der Waals surface area contributed by atoms with Gasteiger partial charge in [0.2, 0.25) is 0 Å². The molecule has 2 atom stereocenters. The van der Waals surface area contributed by atoms with Crippen LogP contribution in [0.3, 0.4) is 0 Å². The van der Waals surface area contributed by atoms with Gasteiger partial charge in [0.1, 0.15) is 7.14 Å². The van der Waals surface area contributed by atoms with Crippen LogP contribution in [0.4, 0.5) is 0 Å². The van der Waals surface area contributed by atoms with Gasteiger partial charge in [0.25, 0.3) is 0 Å². The van der Waals surface area contributed by atoms with Crippen LogP contribution in [-0.2, 0) is 16.3 Å². The molecule has 0 aliphatic carbocycles. The summed E-state index contributed by atoms with van der Waals surface area (Å²) >= 11 is 0. The van der Waals surface area contributed by atoms with Crippen LogP contribution >= 0.6 is 7.14 Å². The first-order chi connectivity index (χ1) is 13.1. The summed E-state index contributed by atoms with van der Waals surface area (Å²) in [5, 5.41) is 10.5. The van der Waals surface area contributed by atoms with E-state index in [-0.39, 0.29) is 0 Å². The second-order valence-corrected chi connectivity index (χ2v) is 10.8. The average molecular weight is 376 g/mol. The molecular weight excluding hydrogens is 351 g/mol. The Labute approximate surface area is 161 Å². The van der Waals surface area contributed by atoms with Crippen LogP contribution in [0.15, 0.2) is 91.0 Å². The van der Waals surface area contributed by atoms with Gasteiger partial charge in [-0.15, -0.1) is 0 Å². The van der Waals surface area contributed by atoms with Crippen LogP contribution < -0.4 is 0 Å². The number of hydrogen-bond acceptors (Lipinski definition) is 2. The van der Waals surface area contributed by atoms with Gasteiger partial charge >= 0.3 is 0 Å². The summed E-state index contributed by atoms with van der Waals surface area (Å²) in [7, 11) is -2.87. The average Bonchev–Trinajstić information content (AvgIpc) is 3.11. The first-order valence-electron chi connectivity index (χ1n) is 9.57. The maximum atomic E-state index is 14.2. The summed E-state index contributed by atoms with van der Waals surface area (Å²) in [5.41, 5.74) is 2.75. The van der Waals surface area contributed by atoms with Crippen molar-refractivity contribution in [2.24, 2.45) is 5.92 Å². The summed E-state index contributed by atoms with van der Waals surface area (Å²) < 4.78 is 14.2. The molecule has 0 radical (unpaired) electrons. The maximum absolute atomic E-state index is 14.2. The smallest absolute Gasteiger partial charge is 0.167 e. The van der Waals surface area contributed by atoms with Crippen LogP contribution in [-0.4, -0.2) is 17.4 Å². The molecular formula is C24H25O2P. The topological polar surface area (TPSA) is 37.3 Å². The number of aliphatic hydroxyl groups is 1. The zero-order valence-electron chi connectivity index (χ0n) is 15.4. The monoisotopic (exact) mass is 376 g/mol. The number of rotatable bonds is 5. The largest absolute Gasteiger partial charge is 0.373 e. The molecule has 27 heavy (non-hydrogen) atoms. The molecule has 0 saturated carbocycles. The van der Waals surface area contributed by atoms with Crippen LogP contribution in [0.2, 0.25) is 0 Å². The predicted octanol–water partition coefficient (Wildman–Crippen LogP) is 5.51. The molecule has 2 unspecified atom stereocenters. The lowest BCUT2D eigenvalue weighted by molar-refractivity contribution is 0.165. The Morgan fingerprint density at radius 1 is 0.815 bits per heavy atom. The second-order valence-electron chi connectivity index (χ2n) is 7.54. The Morgan fingerprint density at radius 2 is 1.30 bits per heavy atom. The maximum Gasteiger partial charge on any atom is 0.167 e. The quantitative estimate of drug-likeness (QED) is 0.597. The normalized spacial score (nSPS) is 22.6. The van der Waals surface area contributed by atoms with Gasteiger partial charge in [0.05, 0.1) is 0 Å². The van der Waals surface area contributed by atoms with Crippen LogP contribution in [0.1, 0.15) is 23.1 Å². The van der Waals surface area contributed by atoms with Crippen molar-refractivity contribution in [1.82, 2.24) is 0 Å². The molecule has 138 valence electrons. The molecule has 1 aliphatic heterocycles. The Balaban J connectivity index is 1.70. The molecule has 1 N–H and O–H groups in total. The summed E-state index contributed by atoms with van der Waals surface area (Å²) in [4.78, 5) is 0. The van der Waals surface area contributed by atoms with Gasteiger partial charge in [0.15, 0.2) is 5.34 Å². The van der Waals surface area contributed by atoms with Crippen LogP contribution in [0.25, 0.3) is 0 Å². The molecule has 0 aromatic heterocycles. The van der Waals surface area contributed by atoms with Gasteiger partial charge in [-0.05, 0) is 35.4 Å². The lowest BCUT2D eigenvalue weighted by Gasteiger charge is -2.35. The summed E-state index contributed by atoms with van der Waals surface area (Å²) in [5.74, 6) is 0.345. The molecule has 3 aromatic carbocycles. The number of hydrogen-bond donors (Lipinski definition) is 1. The third-order valence-corrected chi connectivity index (χ3v) is 9.54. The minimum absolute atomic E-state index is 0.345. The molecule has 0 bridgehead atoms. The second kappa shape index (κ2) is 7.46. The molecule has 1 saturated heterocycles. The van der Waals surface area contributed by atoms with Gasteiger partial charge in [-0.1, -0.05) is 91.0 Å². The zero-order chi connectivity index (χ0) is 18.7. The first kappa shape index (κ1) is 18.2. The van der Waals surface area contributed by atoms with E-state index in [0.29, 0.717) is 18.2 Å². The van der Waals surface area contributed by atoms with Crippen molar-refractivity contribution in [2.75, 3.05) is 12.3 Å². The van der Waals surface area contributed by atoms with E-state index in [1.807, 2.05) is 78.9 Å². The van der Waals surface area contributed by atoms with Crippen molar-refractivity contribution < 1.29 is 9.67 Å². The highest BCUT2D eigenvalue weighted by atomic mass is 31.2. The molecule has 1 fully saturated rings. The van der Waals surface area contributed by atoms with E-state index < -0.39 is 12.5 Å². The minimum Gasteiger partial charge on any atom is -0.373 e. The van der Waals surface area contributed by atoms with E-state index in [9.17, 15) is 9.67 Å². The van der Waals surface area contributed by atoms with Crippen LogP contribution in [0, 0.1) is 5.92 Å². The minimum atomic E-state index is -2.87. The van der Waals surface area contributed by atoms with E-state index in [1.165, 1.54) is 5.56 Å². The predicted molar refractivity (Wildman–Crippen MR) is 111 cm³/mol. The lowest BCUT2D eigenvalue weighted by atomic mass is 9.99. The molecule has 3 heteroatoms. The fourth-order valence-corrected chi connectivity index (χ4v) is 8.31. The fraction of sp³-hybridized carbons (Fsp3) is 0.250. The van der Waals surface area contributed by atoms with Crippen LogP contribution in [0.5, 0.6) is 0 Å². The van der Waals surface area contributed by atoms with E-state index in [0.717, 1.165) is 24.0 Å². The Hall–Kier alpha value is -2.15. The summed E-state index contributed by atoms with van der Waals surface area (Å²) in [6.45, 7) is 0. The molecule has 2 nitrogen and oxygen atoms in total. The fourth-order valence-electron chi connectivity index (χ4n) is 4.38. The SMILES string of the molecule is O=P1(C(O)(c2ccccc2)c2ccccc2)CCC(Cc2ccccc2)C1. The highest BCUT2D eigenvalue weighted by molar-refractivity contribution is 7.65. The Kier molecular flexibility index (Phi) is 5.04. The van der Waals surface area contributed by atoms with Crippen molar-refractivity contribution in [2.45, 2.75) is 18.2 Å². The molecule has 4 rings (SSSR count). The summed E-state index contributed by atoms with van der Waals surface area (Å²) in [6, 6.07) is 29.5. The van der Waals surface area contributed by atoms with Gasteiger partial charge in [0, 0.05) is 12.3 Å². The highest BCUT2D eigenvalue weighted by Crippen LogP contribution is 2.69. The van der Waals surface area contributed by atoms with E-state index in [2.05, 4.69) is 12.1 Å². The lowest BCUT2D eigenvalue weighted by Crippen LogP contribution is -2.28.